The Morgan fingerprint density at radius 2 is 1.74 bits per heavy atom. The second-order valence-corrected chi connectivity index (χ2v) is 8.91. The van der Waals surface area contributed by atoms with Crippen molar-refractivity contribution in [1.82, 2.24) is 4.31 Å². The molecule has 7 nitrogen and oxygen atoms in total. The van der Waals surface area contributed by atoms with Crippen LogP contribution in [0.2, 0.25) is 5.02 Å². The molecule has 0 aromatic heterocycles. The lowest BCUT2D eigenvalue weighted by Crippen LogP contribution is -2.30. The summed E-state index contributed by atoms with van der Waals surface area (Å²) in [5, 5.41) is 3.16. The molecule has 0 saturated heterocycles. The van der Waals surface area contributed by atoms with Gasteiger partial charge in [-0.2, -0.15) is 4.31 Å². The fourth-order valence-electron chi connectivity index (χ4n) is 2.74. The molecule has 31 heavy (non-hydrogen) atoms. The SMILES string of the molecule is CCN(CC)S(=O)(=O)c1ccc(/C=C/C(=O)OCC(=O)Nc2cccc(Cl)c2C)cc1. The number of carbonyl (C=O) groups excluding carboxylic acids is 2. The van der Waals surface area contributed by atoms with Crippen LogP contribution in [0, 0.1) is 6.92 Å². The number of hydrogen-bond acceptors (Lipinski definition) is 5. The monoisotopic (exact) mass is 464 g/mol. The zero-order chi connectivity index (χ0) is 23.0. The van der Waals surface area contributed by atoms with Crippen LogP contribution in [0.1, 0.15) is 25.0 Å². The number of anilines is 1. The van der Waals surface area contributed by atoms with Gasteiger partial charge in [0, 0.05) is 29.9 Å². The van der Waals surface area contributed by atoms with Crippen molar-refractivity contribution in [2.24, 2.45) is 0 Å². The summed E-state index contributed by atoms with van der Waals surface area (Å²) in [6.45, 7) is 5.65. The van der Waals surface area contributed by atoms with E-state index in [4.69, 9.17) is 16.3 Å². The molecule has 0 bridgehead atoms. The van der Waals surface area contributed by atoms with Crippen molar-refractivity contribution in [3.8, 4) is 0 Å². The van der Waals surface area contributed by atoms with Crippen LogP contribution >= 0.6 is 11.6 Å². The van der Waals surface area contributed by atoms with Gasteiger partial charge in [0.25, 0.3) is 5.91 Å². The van der Waals surface area contributed by atoms with Crippen LogP contribution < -0.4 is 5.32 Å². The van der Waals surface area contributed by atoms with Crippen LogP contribution in [0.5, 0.6) is 0 Å². The molecule has 1 N–H and O–H groups in total. The predicted molar refractivity (Wildman–Crippen MR) is 121 cm³/mol. The van der Waals surface area contributed by atoms with E-state index in [1.165, 1.54) is 28.6 Å². The summed E-state index contributed by atoms with van der Waals surface area (Å²) >= 11 is 6.01. The third-order valence-electron chi connectivity index (χ3n) is 4.52. The van der Waals surface area contributed by atoms with E-state index in [1.54, 1.807) is 51.1 Å². The Morgan fingerprint density at radius 3 is 2.35 bits per heavy atom. The number of hydrogen-bond donors (Lipinski definition) is 1. The average molecular weight is 465 g/mol. The van der Waals surface area contributed by atoms with E-state index in [0.29, 0.717) is 29.4 Å². The summed E-state index contributed by atoms with van der Waals surface area (Å²) in [6.07, 6.45) is 2.65. The van der Waals surface area contributed by atoms with Crippen LogP contribution in [0.4, 0.5) is 5.69 Å². The molecule has 0 fully saturated rings. The molecule has 9 heteroatoms. The highest BCUT2D eigenvalue weighted by molar-refractivity contribution is 7.89. The van der Waals surface area contributed by atoms with Gasteiger partial charge < -0.3 is 10.1 Å². The first-order valence-corrected chi connectivity index (χ1v) is 11.5. The lowest BCUT2D eigenvalue weighted by atomic mass is 10.2. The third-order valence-corrected chi connectivity index (χ3v) is 7.00. The Labute approximate surface area is 187 Å². The first-order valence-electron chi connectivity index (χ1n) is 9.69. The molecule has 2 aromatic carbocycles. The zero-order valence-corrected chi connectivity index (χ0v) is 19.2. The average Bonchev–Trinajstić information content (AvgIpc) is 2.75. The molecule has 0 saturated carbocycles. The zero-order valence-electron chi connectivity index (χ0n) is 17.6. The van der Waals surface area contributed by atoms with Gasteiger partial charge in [-0.1, -0.05) is 43.6 Å². The highest BCUT2D eigenvalue weighted by atomic mass is 35.5. The molecule has 0 atom stereocenters. The van der Waals surface area contributed by atoms with E-state index < -0.39 is 28.5 Å². The van der Waals surface area contributed by atoms with Gasteiger partial charge >= 0.3 is 5.97 Å². The van der Waals surface area contributed by atoms with Crippen molar-refractivity contribution in [3.63, 3.8) is 0 Å². The number of amides is 1. The van der Waals surface area contributed by atoms with E-state index >= 15 is 0 Å². The van der Waals surface area contributed by atoms with Gasteiger partial charge in [-0.05, 0) is 48.4 Å². The Bertz CT molecular complexity index is 1060. The first kappa shape index (κ1) is 24.6. The molecule has 0 aliphatic rings. The van der Waals surface area contributed by atoms with E-state index in [-0.39, 0.29) is 4.90 Å². The van der Waals surface area contributed by atoms with Crippen LogP contribution in [0.25, 0.3) is 6.08 Å². The van der Waals surface area contributed by atoms with Gasteiger partial charge in [0.05, 0.1) is 4.90 Å². The van der Waals surface area contributed by atoms with Crippen molar-refractivity contribution in [3.05, 3.63) is 64.7 Å². The molecule has 0 radical (unpaired) electrons. The predicted octanol–water partition coefficient (Wildman–Crippen LogP) is 3.87. The highest BCUT2D eigenvalue weighted by Crippen LogP contribution is 2.22. The standard InChI is InChI=1S/C22H25ClN2O5S/c1-4-25(5-2)31(28,29)18-12-9-17(10-13-18)11-14-22(27)30-15-21(26)24-20-8-6-7-19(23)16(20)3/h6-14H,4-5,15H2,1-3H3,(H,24,26)/b14-11+. The number of nitrogens with one attached hydrogen (secondary N) is 1. The second-order valence-electron chi connectivity index (χ2n) is 6.56. The molecule has 0 spiro atoms. The van der Waals surface area contributed by atoms with Crippen LogP contribution in [-0.2, 0) is 24.3 Å². The van der Waals surface area contributed by atoms with Gasteiger partial charge in [-0.3, -0.25) is 4.79 Å². The Hall–Kier alpha value is -2.68. The van der Waals surface area contributed by atoms with Crippen molar-refractivity contribution >= 4 is 45.3 Å². The summed E-state index contributed by atoms with van der Waals surface area (Å²) in [5.41, 5.74) is 1.88. The molecule has 0 heterocycles. The van der Waals surface area contributed by atoms with Gasteiger partial charge in [0.2, 0.25) is 10.0 Å². The molecule has 166 valence electrons. The molecular weight excluding hydrogens is 440 g/mol. The Balaban J connectivity index is 1.91. The van der Waals surface area contributed by atoms with Gasteiger partial charge in [0.1, 0.15) is 0 Å². The number of halogens is 1. The summed E-state index contributed by atoms with van der Waals surface area (Å²) in [7, 11) is -3.53. The molecular formula is C22H25ClN2O5S. The fraction of sp³-hybridized carbons (Fsp3) is 0.273. The van der Waals surface area contributed by atoms with Crippen molar-refractivity contribution in [1.29, 1.82) is 0 Å². The Morgan fingerprint density at radius 1 is 1.10 bits per heavy atom. The second kappa shape index (κ2) is 11.1. The van der Waals surface area contributed by atoms with E-state index in [2.05, 4.69) is 5.32 Å². The number of sulfonamides is 1. The maximum absolute atomic E-state index is 12.5. The van der Waals surface area contributed by atoms with E-state index in [9.17, 15) is 18.0 Å². The minimum absolute atomic E-state index is 0.184. The number of nitrogens with zero attached hydrogens (tertiary/aromatic N) is 1. The summed E-state index contributed by atoms with van der Waals surface area (Å²) in [4.78, 5) is 24.0. The van der Waals surface area contributed by atoms with Crippen LogP contribution in [-0.4, -0.2) is 44.3 Å². The smallest absolute Gasteiger partial charge is 0.331 e. The third kappa shape index (κ3) is 6.65. The van der Waals surface area contributed by atoms with E-state index in [0.717, 1.165) is 5.56 Å². The number of ether oxygens (including phenoxy) is 1. The van der Waals surface area contributed by atoms with Gasteiger partial charge in [-0.25, -0.2) is 13.2 Å². The van der Waals surface area contributed by atoms with Gasteiger partial charge in [0.15, 0.2) is 6.61 Å². The van der Waals surface area contributed by atoms with Gasteiger partial charge in [-0.15, -0.1) is 0 Å². The topological polar surface area (TPSA) is 92.8 Å². The lowest BCUT2D eigenvalue weighted by Gasteiger charge is -2.18. The fourth-order valence-corrected chi connectivity index (χ4v) is 4.37. The summed E-state index contributed by atoms with van der Waals surface area (Å²) in [6, 6.07) is 11.3. The molecule has 1 amide bonds. The van der Waals surface area contributed by atoms with Crippen molar-refractivity contribution in [2.75, 3.05) is 25.0 Å². The molecule has 0 unspecified atom stereocenters. The Kier molecular flexibility index (Phi) is 8.79. The lowest BCUT2D eigenvalue weighted by molar-refractivity contribution is -0.142. The minimum atomic E-state index is -3.53. The van der Waals surface area contributed by atoms with Crippen LogP contribution in [0.15, 0.2) is 53.4 Å². The number of carbonyl (C=O) groups is 2. The first-order chi connectivity index (χ1) is 14.7. The number of benzene rings is 2. The molecule has 2 aromatic rings. The highest BCUT2D eigenvalue weighted by Gasteiger charge is 2.20. The van der Waals surface area contributed by atoms with Crippen LogP contribution in [0.3, 0.4) is 0 Å². The maximum Gasteiger partial charge on any atom is 0.331 e. The number of rotatable bonds is 9. The summed E-state index contributed by atoms with van der Waals surface area (Å²) < 4.78 is 31.3. The maximum atomic E-state index is 12.5. The normalized spacial score (nSPS) is 11.6. The van der Waals surface area contributed by atoms with Crippen molar-refractivity contribution in [2.45, 2.75) is 25.7 Å². The number of esters is 1. The molecule has 0 aliphatic heterocycles. The molecule has 0 aliphatic carbocycles. The minimum Gasteiger partial charge on any atom is -0.452 e. The molecule has 2 rings (SSSR count). The summed E-state index contributed by atoms with van der Waals surface area (Å²) in [5.74, 6) is -1.18. The quantitative estimate of drug-likeness (QED) is 0.449. The van der Waals surface area contributed by atoms with E-state index in [1.807, 2.05) is 0 Å². The largest absolute Gasteiger partial charge is 0.452 e. The van der Waals surface area contributed by atoms with Crippen molar-refractivity contribution < 1.29 is 22.7 Å².